The lowest BCUT2D eigenvalue weighted by Gasteiger charge is -2.23. The van der Waals surface area contributed by atoms with Crippen molar-refractivity contribution in [1.82, 2.24) is 24.9 Å². The molecule has 0 bridgehead atoms. The lowest BCUT2D eigenvalue weighted by atomic mass is 9.80. The van der Waals surface area contributed by atoms with Gasteiger partial charge in [-0.3, -0.25) is 9.97 Å². The van der Waals surface area contributed by atoms with Crippen LogP contribution in [0.5, 0.6) is 0 Å². The molecule has 11 rings (SSSR count). The van der Waals surface area contributed by atoms with Gasteiger partial charge in [0.05, 0.1) is 11.4 Å². The van der Waals surface area contributed by atoms with Crippen molar-refractivity contribution in [3.63, 3.8) is 0 Å². The molecule has 0 atom stereocenters. The van der Waals surface area contributed by atoms with Crippen LogP contribution in [0.4, 0.5) is 0 Å². The van der Waals surface area contributed by atoms with Gasteiger partial charge in [-0.15, -0.1) is 0 Å². The van der Waals surface area contributed by atoms with Crippen LogP contribution >= 0.6 is 0 Å². The van der Waals surface area contributed by atoms with Crippen molar-refractivity contribution in [2.75, 3.05) is 0 Å². The van der Waals surface area contributed by atoms with Crippen LogP contribution < -0.4 is 0 Å². The van der Waals surface area contributed by atoms with Gasteiger partial charge in [-0.05, 0) is 104 Å². The second-order valence-corrected chi connectivity index (χ2v) is 16.0. The summed E-state index contributed by atoms with van der Waals surface area (Å²) in [5.41, 5.74) is 17.6. The van der Waals surface area contributed by atoms with Crippen molar-refractivity contribution < 1.29 is 0 Å². The fourth-order valence-electron chi connectivity index (χ4n) is 8.72. The van der Waals surface area contributed by atoms with Crippen LogP contribution in [-0.4, -0.2) is 24.9 Å². The van der Waals surface area contributed by atoms with Gasteiger partial charge in [0.15, 0.2) is 17.5 Å². The predicted octanol–water partition coefficient (Wildman–Crippen LogP) is 15.3. The smallest absolute Gasteiger partial charge is 0.164 e. The molecule has 0 saturated carbocycles. The minimum Gasteiger partial charge on any atom is -0.256 e. The average Bonchev–Trinajstić information content (AvgIpc) is 3.41. The maximum atomic E-state index is 5.02. The van der Waals surface area contributed by atoms with Crippen molar-refractivity contribution in [2.45, 2.75) is 0 Å². The highest BCUT2D eigenvalue weighted by molar-refractivity contribution is 6.06. The van der Waals surface area contributed by atoms with Gasteiger partial charge in [0.25, 0.3) is 0 Å². The molecular formula is C61H41N5. The number of pyridine rings is 2. The molecule has 0 spiro atoms. The first-order valence-corrected chi connectivity index (χ1v) is 22.1. The summed E-state index contributed by atoms with van der Waals surface area (Å²) in [7, 11) is 0. The monoisotopic (exact) mass is 843 g/mol. The largest absolute Gasteiger partial charge is 0.256 e. The van der Waals surface area contributed by atoms with E-state index < -0.39 is 0 Å². The maximum Gasteiger partial charge on any atom is 0.164 e. The number of nitrogens with zero attached hydrogens (tertiary/aromatic N) is 5. The van der Waals surface area contributed by atoms with Crippen molar-refractivity contribution in [2.24, 2.45) is 0 Å². The van der Waals surface area contributed by atoms with Crippen LogP contribution in [0.3, 0.4) is 0 Å². The summed E-state index contributed by atoms with van der Waals surface area (Å²) in [5.74, 6) is 1.89. The van der Waals surface area contributed by atoms with Crippen LogP contribution in [0.25, 0.3) is 112 Å². The van der Waals surface area contributed by atoms with E-state index >= 15 is 0 Å². The Morgan fingerprint density at radius 2 is 0.561 bits per heavy atom. The van der Waals surface area contributed by atoms with Crippen LogP contribution in [0.15, 0.2) is 249 Å². The van der Waals surface area contributed by atoms with Crippen LogP contribution in [0, 0.1) is 0 Å². The summed E-state index contributed by atoms with van der Waals surface area (Å²) >= 11 is 0. The molecule has 310 valence electrons. The number of rotatable bonds is 10. The summed E-state index contributed by atoms with van der Waals surface area (Å²) in [6.07, 6.45) is 3.74. The molecule has 11 aromatic rings. The van der Waals surface area contributed by atoms with Crippen molar-refractivity contribution >= 4 is 0 Å². The highest BCUT2D eigenvalue weighted by Crippen LogP contribution is 2.49. The second-order valence-electron chi connectivity index (χ2n) is 16.0. The molecule has 0 radical (unpaired) electrons. The van der Waals surface area contributed by atoms with Crippen LogP contribution in [-0.2, 0) is 0 Å². The molecule has 0 aliphatic heterocycles. The van der Waals surface area contributed by atoms with Crippen molar-refractivity contribution in [3.8, 4) is 112 Å². The fraction of sp³-hybridized carbons (Fsp3) is 0. The standard InChI is InChI=1S/C61H41N5/c1-5-20-42(21-6-1)52-41-53(56(43-22-7-2-8-23-43)58(55-35-14-16-37-63-55)57(52)54-34-13-15-36-62-54)50-32-18-30-48(39-50)46-28-17-29-47(38-46)49-31-19-33-51(40-49)61-65-59(44-24-9-3-10-25-44)64-60(66-61)45-26-11-4-12-27-45/h1-41H. The van der Waals surface area contributed by atoms with E-state index in [1.165, 1.54) is 0 Å². The van der Waals surface area contributed by atoms with E-state index in [2.05, 4.69) is 164 Å². The molecule has 0 N–H and O–H groups in total. The molecule has 3 heterocycles. The van der Waals surface area contributed by atoms with Gasteiger partial charge in [-0.25, -0.2) is 15.0 Å². The Kier molecular flexibility index (Phi) is 10.9. The molecule has 0 saturated heterocycles. The Balaban J connectivity index is 1.05. The molecule has 0 amide bonds. The highest BCUT2D eigenvalue weighted by Gasteiger charge is 2.25. The van der Waals surface area contributed by atoms with Crippen molar-refractivity contribution in [3.05, 3.63) is 249 Å². The molecular weight excluding hydrogens is 803 g/mol. The third-order valence-corrected chi connectivity index (χ3v) is 11.8. The normalized spacial score (nSPS) is 11.0. The lowest BCUT2D eigenvalue weighted by Crippen LogP contribution is -2.00. The first-order chi connectivity index (χ1) is 32.7. The van der Waals surface area contributed by atoms with Gasteiger partial charge in [0.2, 0.25) is 0 Å². The number of benzene rings is 8. The molecule has 0 unspecified atom stereocenters. The minimum absolute atomic E-state index is 0.622. The summed E-state index contributed by atoms with van der Waals surface area (Å²) in [6.45, 7) is 0. The van der Waals surface area contributed by atoms with Crippen molar-refractivity contribution in [1.29, 1.82) is 0 Å². The Morgan fingerprint density at radius 1 is 0.212 bits per heavy atom. The molecule has 5 nitrogen and oxygen atoms in total. The lowest BCUT2D eigenvalue weighted by molar-refractivity contribution is 1.07. The Bertz CT molecular complexity index is 3380. The number of hydrogen-bond acceptors (Lipinski definition) is 5. The third-order valence-electron chi connectivity index (χ3n) is 11.8. The number of hydrogen-bond donors (Lipinski definition) is 0. The summed E-state index contributed by atoms with van der Waals surface area (Å²) in [4.78, 5) is 24.9. The maximum absolute atomic E-state index is 5.02. The first-order valence-electron chi connectivity index (χ1n) is 22.1. The van der Waals surface area contributed by atoms with Gasteiger partial charge in [0.1, 0.15) is 0 Å². The highest BCUT2D eigenvalue weighted by atomic mass is 15.0. The SMILES string of the molecule is c1ccc(-c2nc(-c3ccccc3)nc(-c3cccc(-c4cccc(-c5cccc(-c6cc(-c7ccccc7)c(-c7ccccn7)c(-c7ccccn7)c6-c6ccccc6)c5)c4)c3)n2)cc1. The minimum atomic E-state index is 0.622. The first kappa shape index (κ1) is 39.9. The van der Waals surface area contributed by atoms with E-state index in [-0.39, 0.29) is 0 Å². The Hall–Kier alpha value is -8.93. The average molecular weight is 844 g/mol. The Labute approximate surface area is 384 Å². The molecule has 66 heavy (non-hydrogen) atoms. The van der Waals surface area contributed by atoms with Gasteiger partial charge in [-0.2, -0.15) is 0 Å². The molecule has 3 aromatic heterocycles. The van der Waals surface area contributed by atoms with E-state index in [9.17, 15) is 0 Å². The summed E-state index contributed by atoms with van der Waals surface area (Å²) in [6, 6.07) is 82.2. The molecule has 0 aliphatic rings. The zero-order valence-electron chi connectivity index (χ0n) is 35.9. The zero-order chi connectivity index (χ0) is 44.1. The fourth-order valence-corrected chi connectivity index (χ4v) is 8.72. The Morgan fingerprint density at radius 3 is 1.05 bits per heavy atom. The molecule has 5 heteroatoms. The quantitative estimate of drug-likeness (QED) is 0.137. The van der Waals surface area contributed by atoms with E-state index in [4.69, 9.17) is 24.9 Å². The van der Waals surface area contributed by atoms with Crippen LogP contribution in [0.2, 0.25) is 0 Å². The summed E-state index contributed by atoms with van der Waals surface area (Å²) < 4.78 is 0. The van der Waals surface area contributed by atoms with E-state index in [1.807, 2.05) is 85.2 Å². The molecule has 0 fully saturated rings. The molecule has 0 aliphatic carbocycles. The molecule has 8 aromatic carbocycles. The van der Waals surface area contributed by atoms with Gasteiger partial charge in [-0.1, -0.05) is 188 Å². The van der Waals surface area contributed by atoms with E-state index in [0.717, 1.165) is 94.8 Å². The summed E-state index contributed by atoms with van der Waals surface area (Å²) in [5, 5.41) is 0. The van der Waals surface area contributed by atoms with Gasteiger partial charge < -0.3 is 0 Å². The number of aromatic nitrogens is 5. The van der Waals surface area contributed by atoms with Gasteiger partial charge >= 0.3 is 0 Å². The predicted molar refractivity (Wildman–Crippen MR) is 270 cm³/mol. The third kappa shape index (κ3) is 8.09. The van der Waals surface area contributed by atoms with Crippen LogP contribution in [0.1, 0.15) is 0 Å². The van der Waals surface area contributed by atoms with Gasteiger partial charge in [0, 0.05) is 40.2 Å². The zero-order valence-corrected chi connectivity index (χ0v) is 35.9. The van der Waals surface area contributed by atoms with E-state index in [0.29, 0.717) is 17.5 Å². The topological polar surface area (TPSA) is 64.5 Å². The van der Waals surface area contributed by atoms with E-state index in [1.54, 1.807) is 0 Å². The second kappa shape index (κ2) is 18.0.